The van der Waals surface area contributed by atoms with E-state index in [-0.39, 0.29) is 0 Å². The summed E-state index contributed by atoms with van der Waals surface area (Å²) in [7, 11) is 0. The first kappa shape index (κ1) is 14.1. The number of piperidine rings is 1. The van der Waals surface area contributed by atoms with E-state index in [1.165, 1.54) is 57.1 Å². The van der Waals surface area contributed by atoms with E-state index in [2.05, 4.69) is 27.8 Å². The van der Waals surface area contributed by atoms with Crippen molar-refractivity contribution in [1.82, 2.24) is 20.8 Å². The fraction of sp³-hybridized carbons (Fsp3) is 0.812. The minimum atomic E-state index is 0.392. The van der Waals surface area contributed by atoms with Gasteiger partial charge in [-0.25, -0.2) is 0 Å². The summed E-state index contributed by atoms with van der Waals surface area (Å²) in [6.07, 6.45) is 13.6. The fourth-order valence-corrected chi connectivity index (χ4v) is 4.01. The first-order valence-electron chi connectivity index (χ1n) is 8.32. The number of rotatable bonds is 4. The molecule has 1 aromatic rings. The number of H-pyrrole nitrogens is 1. The summed E-state index contributed by atoms with van der Waals surface area (Å²) in [4.78, 5) is 0. The molecule has 0 amide bonds. The van der Waals surface area contributed by atoms with Crippen molar-refractivity contribution in [2.75, 3.05) is 6.54 Å². The zero-order valence-corrected chi connectivity index (χ0v) is 12.6. The Labute approximate surface area is 122 Å². The molecule has 1 aromatic heterocycles. The standard InChI is InChI=1S/C16H28N4/c1-12(13-10-18-19-11-13)20-16-8-3-2-6-14(16)15-7-4-5-9-17-15/h10-12,14-17,20H,2-9H2,1H3,(H,18,19). The highest BCUT2D eigenvalue weighted by Gasteiger charge is 2.33. The molecule has 4 atom stereocenters. The fourth-order valence-electron chi connectivity index (χ4n) is 4.01. The molecule has 1 aliphatic carbocycles. The van der Waals surface area contributed by atoms with Gasteiger partial charge in [0.15, 0.2) is 0 Å². The number of aromatic nitrogens is 2. The highest BCUT2D eigenvalue weighted by Crippen LogP contribution is 2.31. The second-order valence-corrected chi connectivity index (χ2v) is 6.53. The molecule has 1 saturated heterocycles. The van der Waals surface area contributed by atoms with Crippen LogP contribution in [-0.4, -0.2) is 28.8 Å². The Morgan fingerprint density at radius 2 is 2.05 bits per heavy atom. The molecule has 2 fully saturated rings. The maximum Gasteiger partial charge on any atom is 0.0534 e. The van der Waals surface area contributed by atoms with Gasteiger partial charge in [-0.05, 0) is 45.1 Å². The van der Waals surface area contributed by atoms with Gasteiger partial charge in [0, 0.05) is 29.9 Å². The average molecular weight is 276 g/mol. The van der Waals surface area contributed by atoms with E-state index in [9.17, 15) is 0 Å². The van der Waals surface area contributed by atoms with E-state index in [1.54, 1.807) is 0 Å². The monoisotopic (exact) mass is 276 g/mol. The predicted octanol–water partition coefficient (Wildman–Crippen LogP) is 2.76. The van der Waals surface area contributed by atoms with E-state index < -0.39 is 0 Å². The first-order valence-corrected chi connectivity index (χ1v) is 8.32. The highest BCUT2D eigenvalue weighted by molar-refractivity contribution is 5.09. The molecule has 0 radical (unpaired) electrons. The highest BCUT2D eigenvalue weighted by atomic mass is 15.1. The number of nitrogens with zero attached hydrogens (tertiary/aromatic N) is 1. The molecule has 3 rings (SSSR count). The van der Waals surface area contributed by atoms with E-state index in [0.29, 0.717) is 12.1 Å². The normalized spacial score (nSPS) is 33.0. The van der Waals surface area contributed by atoms with Crippen LogP contribution in [-0.2, 0) is 0 Å². The summed E-state index contributed by atoms with van der Waals surface area (Å²) in [5.41, 5.74) is 1.27. The van der Waals surface area contributed by atoms with Gasteiger partial charge in [-0.15, -0.1) is 0 Å². The van der Waals surface area contributed by atoms with Crippen LogP contribution < -0.4 is 10.6 Å². The lowest BCUT2D eigenvalue weighted by molar-refractivity contribution is 0.174. The summed E-state index contributed by atoms with van der Waals surface area (Å²) in [6.45, 7) is 3.47. The molecule has 0 bridgehead atoms. The van der Waals surface area contributed by atoms with Gasteiger partial charge in [-0.3, -0.25) is 5.10 Å². The van der Waals surface area contributed by atoms with Crippen LogP contribution in [0.15, 0.2) is 12.4 Å². The van der Waals surface area contributed by atoms with E-state index in [4.69, 9.17) is 0 Å². The molecule has 112 valence electrons. The molecule has 3 N–H and O–H groups in total. The molecule has 2 aliphatic rings. The lowest BCUT2D eigenvalue weighted by atomic mass is 9.77. The third-order valence-electron chi connectivity index (χ3n) is 5.17. The Kier molecular flexibility index (Phi) is 4.73. The van der Waals surface area contributed by atoms with Crippen LogP contribution in [0.4, 0.5) is 0 Å². The number of hydrogen-bond donors (Lipinski definition) is 3. The third kappa shape index (κ3) is 3.23. The van der Waals surface area contributed by atoms with Crippen LogP contribution in [0.2, 0.25) is 0 Å². The summed E-state index contributed by atoms with van der Waals surface area (Å²) in [5, 5.41) is 14.6. The number of hydrogen-bond acceptors (Lipinski definition) is 3. The molecular weight excluding hydrogens is 248 g/mol. The van der Waals surface area contributed by atoms with Gasteiger partial charge >= 0.3 is 0 Å². The van der Waals surface area contributed by atoms with Gasteiger partial charge in [-0.2, -0.15) is 5.10 Å². The van der Waals surface area contributed by atoms with Crippen LogP contribution in [0, 0.1) is 5.92 Å². The maximum absolute atomic E-state index is 4.07. The predicted molar refractivity (Wildman–Crippen MR) is 81.5 cm³/mol. The van der Waals surface area contributed by atoms with Crippen LogP contribution in [0.3, 0.4) is 0 Å². The van der Waals surface area contributed by atoms with Gasteiger partial charge in [0.05, 0.1) is 6.20 Å². The lowest BCUT2D eigenvalue weighted by Gasteiger charge is -2.41. The zero-order valence-electron chi connectivity index (χ0n) is 12.6. The third-order valence-corrected chi connectivity index (χ3v) is 5.17. The van der Waals surface area contributed by atoms with Crippen LogP contribution in [0.5, 0.6) is 0 Å². The quantitative estimate of drug-likeness (QED) is 0.792. The van der Waals surface area contributed by atoms with Crippen molar-refractivity contribution in [3.63, 3.8) is 0 Å². The van der Waals surface area contributed by atoms with E-state index >= 15 is 0 Å². The first-order chi connectivity index (χ1) is 9.84. The molecule has 2 heterocycles. The second-order valence-electron chi connectivity index (χ2n) is 6.53. The van der Waals surface area contributed by atoms with Crippen molar-refractivity contribution in [2.24, 2.45) is 5.92 Å². The summed E-state index contributed by atoms with van der Waals surface area (Å²) < 4.78 is 0. The minimum Gasteiger partial charge on any atom is -0.314 e. The summed E-state index contributed by atoms with van der Waals surface area (Å²) in [6, 6.07) is 1.78. The Bertz CT molecular complexity index is 383. The SMILES string of the molecule is CC(NC1CCCCC1C1CCCCN1)c1cn[nH]c1. The second kappa shape index (κ2) is 6.72. The molecule has 20 heavy (non-hydrogen) atoms. The number of nitrogens with one attached hydrogen (secondary N) is 3. The van der Waals surface area contributed by atoms with Gasteiger partial charge in [0.2, 0.25) is 0 Å². The van der Waals surface area contributed by atoms with Crippen LogP contribution >= 0.6 is 0 Å². The van der Waals surface area contributed by atoms with Gasteiger partial charge in [0.1, 0.15) is 0 Å². The topological polar surface area (TPSA) is 52.7 Å². The Morgan fingerprint density at radius 3 is 2.80 bits per heavy atom. The van der Waals surface area contributed by atoms with Gasteiger partial charge in [0.25, 0.3) is 0 Å². The molecule has 0 aromatic carbocycles. The van der Waals surface area contributed by atoms with Gasteiger partial charge in [-0.1, -0.05) is 19.3 Å². The minimum absolute atomic E-state index is 0.392. The smallest absolute Gasteiger partial charge is 0.0534 e. The van der Waals surface area contributed by atoms with Crippen LogP contribution in [0.25, 0.3) is 0 Å². The molecule has 0 spiro atoms. The van der Waals surface area contributed by atoms with Crippen molar-refractivity contribution < 1.29 is 0 Å². The van der Waals surface area contributed by atoms with Crippen molar-refractivity contribution >= 4 is 0 Å². The van der Waals surface area contributed by atoms with Crippen molar-refractivity contribution in [3.05, 3.63) is 18.0 Å². The molecule has 4 heteroatoms. The van der Waals surface area contributed by atoms with Crippen molar-refractivity contribution in [3.8, 4) is 0 Å². The molecule has 4 unspecified atom stereocenters. The Morgan fingerprint density at radius 1 is 1.20 bits per heavy atom. The van der Waals surface area contributed by atoms with E-state index in [0.717, 1.165) is 12.0 Å². The molecule has 4 nitrogen and oxygen atoms in total. The van der Waals surface area contributed by atoms with E-state index in [1.807, 2.05) is 12.4 Å². The largest absolute Gasteiger partial charge is 0.314 e. The number of aromatic amines is 1. The van der Waals surface area contributed by atoms with Gasteiger partial charge < -0.3 is 10.6 Å². The average Bonchev–Trinajstić information content (AvgIpc) is 3.03. The maximum atomic E-state index is 4.07. The summed E-state index contributed by atoms with van der Waals surface area (Å²) >= 11 is 0. The molecular formula is C16H28N4. The van der Waals surface area contributed by atoms with Crippen molar-refractivity contribution in [2.45, 2.75) is 70.0 Å². The van der Waals surface area contributed by atoms with Crippen molar-refractivity contribution in [1.29, 1.82) is 0 Å². The molecule has 1 aliphatic heterocycles. The van der Waals surface area contributed by atoms with Crippen LogP contribution in [0.1, 0.15) is 63.5 Å². The lowest BCUT2D eigenvalue weighted by Crippen LogP contribution is -2.50. The summed E-state index contributed by atoms with van der Waals surface area (Å²) in [5.74, 6) is 0.804. The zero-order chi connectivity index (χ0) is 13.8. The molecule has 1 saturated carbocycles. The Balaban J connectivity index is 1.62. The Hall–Kier alpha value is -0.870.